The Labute approximate surface area is 187 Å². The summed E-state index contributed by atoms with van der Waals surface area (Å²) >= 11 is 0. The van der Waals surface area contributed by atoms with Gasteiger partial charge in [-0.3, -0.25) is 4.79 Å². The van der Waals surface area contributed by atoms with Gasteiger partial charge in [0.15, 0.2) is 5.79 Å². The molecule has 3 atom stereocenters. The Morgan fingerprint density at radius 1 is 1.03 bits per heavy atom. The van der Waals surface area contributed by atoms with Crippen molar-refractivity contribution in [2.24, 2.45) is 0 Å². The van der Waals surface area contributed by atoms with Crippen LogP contribution in [0.4, 0.5) is 0 Å². The first-order valence-corrected chi connectivity index (χ1v) is 11.0. The van der Waals surface area contributed by atoms with Gasteiger partial charge in [-0.05, 0) is 39.5 Å². The number of esters is 1. The van der Waals surface area contributed by atoms with Crippen LogP contribution in [0.15, 0.2) is 72.9 Å². The first-order chi connectivity index (χ1) is 14.9. The van der Waals surface area contributed by atoms with E-state index < -0.39 is 11.9 Å². The van der Waals surface area contributed by atoms with Crippen LogP contribution >= 0.6 is 0 Å². The lowest BCUT2D eigenvalue weighted by molar-refractivity contribution is -0.142. The third-order valence-electron chi connectivity index (χ3n) is 4.47. The smallest absolute Gasteiger partial charge is 0.305 e. The summed E-state index contributed by atoms with van der Waals surface area (Å²) in [5.41, 5.74) is 0. The van der Waals surface area contributed by atoms with Crippen LogP contribution in [0.5, 0.6) is 0 Å². The second kappa shape index (κ2) is 15.6. The molecule has 0 bridgehead atoms. The van der Waals surface area contributed by atoms with E-state index in [4.69, 9.17) is 9.47 Å². The number of aliphatic hydroxyl groups is 1. The molecule has 0 radical (unpaired) electrons. The molecule has 0 unspecified atom stereocenters. The Bertz CT molecular complexity index is 682. The van der Waals surface area contributed by atoms with Gasteiger partial charge in [0.1, 0.15) is 6.10 Å². The zero-order valence-corrected chi connectivity index (χ0v) is 19.3. The van der Waals surface area contributed by atoms with Gasteiger partial charge in [-0.15, -0.1) is 0 Å². The van der Waals surface area contributed by atoms with E-state index in [-0.39, 0.29) is 18.2 Å². The van der Waals surface area contributed by atoms with Crippen LogP contribution in [0.2, 0.25) is 0 Å². The fourth-order valence-corrected chi connectivity index (χ4v) is 2.96. The first kappa shape index (κ1) is 26.8. The molecule has 1 fully saturated rings. The van der Waals surface area contributed by atoms with E-state index in [0.717, 1.165) is 6.42 Å². The Kier molecular flexibility index (Phi) is 13.5. The van der Waals surface area contributed by atoms with Crippen molar-refractivity contribution in [1.29, 1.82) is 0 Å². The summed E-state index contributed by atoms with van der Waals surface area (Å²) in [7, 11) is 1.40. The van der Waals surface area contributed by atoms with Crippen molar-refractivity contribution in [3.05, 3.63) is 72.9 Å². The number of hydrogen-bond acceptors (Lipinski definition) is 5. The van der Waals surface area contributed by atoms with Crippen molar-refractivity contribution >= 4 is 5.97 Å². The monoisotopic (exact) mass is 430 g/mol. The second-order valence-electron chi connectivity index (χ2n) is 7.68. The fraction of sp³-hybridized carbons (Fsp3) is 0.500. The van der Waals surface area contributed by atoms with E-state index >= 15 is 0 Å². The predicted octanol–water partition coefficient (Wildman–Crippen LogP) is 5.35. The average Bonchev–Trinajstić information content (AvgIpc) is 3.03. The molecular weight excluding hydrogens is 392 g/mol. The minimum absolute atomic E-state index is 0.0734. The zero-order chi connectivity index (χ0) is 23.0. The van der Waals surface area contributed by atoms with Crippen LogP contribution in [0.3, 0.4) is 0 Å². The Morgan fingerprint density at radius 2 is 1.74 bits per heavy atom. The van der Waals surface area contributed by atoms with Crippen molar-refractivity contribution in [1.82, 2.24) is 0 Å². The summed E-state index contributed by atoms with van der Waals surface area (Å²) in [6.07, 6.45) is 26.0. The van der Waals surface area contributed by atoms with E-state index in [0.29, 0.717) is 25.7 Å². The highest BCUT2D eigenvalue weighted by atomic mass is 16.7. The molecule has 5 nitrogen and oxygen atoms in total. The van der Waals surface area contributed by atoms with E-state index in [1.807, 2.05) is 80.7 Å². The molecule has 1 aliphatic heterocycles. The number of methoxy groups -OCH3 is 1. The molecule has 0 amide bonds. The number of carbonyl (C=O) groups excluding carboxylic acids is 1. The van der Waals surface area contributed by atoms with Gasteiger partial charge in [-0.2, -0.15) is 0 Å². The maximum atomic E-state index is 11.1. The molecule has 0 aromatic carbocycles. The molecule has 172 valence electrons. The van der Waals surface area contributed by atoms with Crippen molar-refractivity contribution in [3.63, 3.8) is 0 Å². The number of aliphatic hydroxyl groups excluding tert-OH is 1. The molecule has 5 heteroatoms. The van der Waals surface area contributed by atoms with Crippen LogP contribution in [-0.2, 0) is 19.0 Å². The standard InChI is InChI=1S/C26H38O5/c1-5-6-12-17-22(27)18-13-9-7-8-10-14-19-23-24(31-26(2,3)30-23)20-15-11-16-21-25(28)29-4/h6-15,18-19,22-24,27H,5,16-17,20-21H2,1-4H3/b9-7-,10-8+,12-6-,15-11-,18-13+,19-14+/t22-,23-,24+/m1/s1. The van der Waals surface area contributed by atoms with Crippen LogP contribution in [-0.4, -0.2) is 42.3 Å². The summed E-state index contributed by atoms with van der Waals surface area (Å²) in [5.74, 6) is -0.829. The molecule has 31 heavy (non-hydrogen) atoms. The van der Waals surface area contributed by atoms with Gasteiger partial charge in [0.25, 0.3) is 0 Å². The summed E-state index contributed by atoms with van der Waals surface area (Å²) in [6.45, 7) is 5.89. The van der Waals surface area contributed by atoms with Crippen LogP contribution in [0.25, 0.3) is 0 Å². The Balaban J connectivity index is 2.44. The molecule has 1 rings (SSSR count). The quantitative estimate of drug-likeness (QED) is 0.242. The summed E-state index contributed by atoms with van der Waals surface area (Å²) in [4.78, 5) is 11.1. The number of allylic oxidation sites excluding steroid dienone is 8. The number of ether oxygens (including phenoxy) is 3. The summed E-state index contributed by atoms with van der Waals surface area (Å²) in [5, 5.41) is 9.78. The van der Waals surface area contributed by atoms with Crippen molar-refractivity contribution in [2.75, 3.05) is 7.11 Å². The van der Waals surface area contributed by atoms with E-state index in [2.05, 4.69) is 11.7 Å². The van der Waals surface area contributed by atoms with Crippen LogP contribution in [0, 0.1) is 0 Å². The van der Waals surface area contributed by atoms with E-state index in [1.54, 1.807) is 6.08 Å². The highest BCUT2D eigenvalue weighted by Crippen LogP contribution is 2.30. The number of rotatable bonds is 13. The Hall–Kier alpha value is -2.21. The molecule has 0 spiro atoms. The van der Waals surface area contributed by atoms with Gasteiger partial charge >= 0.3 is 5.97 Å². The van der Waals surface area contributed by atoms with Crippen molar-refractivity contribution in [3.8, 4) is 0 Å². The molecule has 0 saturated carbocycles. The number of hydrogen-bond donors (Lipinski definition) is 1. The summed E-state index contributed by atoms with van der Waals surface area (Å²) in [6, 6.07) is 0. The lowest BCUT2D eigenvalue weighted by Gasteiger charge is -2.16. The minimum Gasteiger partial charge on any atom is -0.469 e. The van der Waals surface area contributed by atoms with Crippen LogP contribution < -0.4 is 0 Å². The van der Waals surface area contributed by atoms with E-state index in [1.165, 1.54) is 7.11 Å². The lowest BCUT2D eigenvalue weighted by atomic mass is 10.1. The van der Waals surface area contributed by atoms with Gasteiger partial charge in [0.05, 0.1) is 19.3 Å². The molecule has 0 aromatic rings. The fourth-order valence-electron chi connectivity index (χ4n) is 2.96. The van der Waals surface area contributed by atoms with Gasteiger partial charge in [-0.1, -0.05) is 79.8 Å². The lowest BCUT2D eigenvalue weighted by Crippen LogP contribution is -2.21. The first-order valence-electron chi connectivity index (χ1n) is 11.0. The molecule has 1 saturated heterocycles. The summed E-state index contributed by atoms with van der Waals surface area (Å²) < 4.78 is 16.6. The Morgan fingerprint density at radius 3 is 2.45 bits per heavy atom. The molecule has 1 N–H and O–H groups in total. The molecular formula is C26H38O5. The van der Waals surface area contributed by atoms with Crippen molar-refractivity contribution < 1.29 is 24.1 Å². The topological polar surface area (TPSA) is 65.0 Å². The normalized spacial score (nSPS) is 22.9. The van der Waals surface area contributed by atoms with Gasteiger partial charge in [0, 0.05) is 6.42 Å². The molecule has 0 aromatic heterocycles. The number of carbonyl (C=O) groups is 1. The molecule has 1 aliphatic rings. The predicted molar refractivity (Wildman–Crippen MR) is 125 cm³/mol. The largest absolute Gasteiger partial charge is 0.469 e. The second-order valence-corrected chi connectivity index (χ2v) is 7.68. The zero-order valence-electron chi connectivity index (χ0n) is 19.3. The van der Waals surface area contributed by atoms with Crippen molar-refractivity contribution in [2.45, 2.75) is 77.0 Å². The maximum Gasteiger partial charge on any atom is 0.305 e. The minimum atomic E-state index is -0.624. The van der Waals surface area contributed by atoms with Crippen LogP contribution in [0.1, 0.15) is 52.9 Å². The molecule has 1 heterocycles. The third-order valence-corrected chi connectivity index (χ3v) is 4.47. The average molecular weight is 431 g/mol. The van der Waals surface area contributed by atoms with Gasteiger partial charge in [-0.25, -0.2) is 0 Å². The SMILES string of the molecule is CC/C=C\C[C@@H](O)/C=C/C=C\C=C\C=C\[C@H]1OC(C)(C)O[C@H]1C/C=C\CCC(=O)OC. The van der Waals surface area contributed by atoms with Gasteiger partial charge in [0.2, 0.25) is 0 Å². The maximum absolute atomic E-state index is 11.1. The highest BCUT2D eigenvalue weighted by Gasteiger charge is 2.38. The van der Waals surface area contributed by atoms with Gasteiger partial charge < -0.3 is 19.3 Å². The third kappa shape index (κ3) is 12.9. The molecule has 0 aliphatic carbocycles. The van der Waals surface area contributed by atoms with E-state index in [9.17, 15) is 9.90 Å². The highest BCUT2D eigenvalue weighted by molar-refractivity contribution is 5.69.